The van der Waals surface area contributed by atoms with Crippen LogP contribution in [0.5, 0.6) is 17.2 Å². The highest BCUT2D eigenvalue weighted by molar-refractivity contribution is 5.51. The third kappa shape index (κ3) is 4.03. The molecule has 0 spiro atoms. The van der Waals surface area contributed by atoms with Gasteiger partial charge < -0.3 is 19.1 Å². The maximum Gasteiger partial charge on any atom is 0.203 e. The highest BCUT2D eigenvalue weighted by Crippen LogP contribution is 2.38. The Morgan fingerprint density at radius 1 is 0.967 bits per heavy atom. The van der Waals surface area contributed by atoms with Gasteiger partial charge >= 0.3 is 0 Å². The van der Waals surface area contributed by atoms with E-state index in [1.54, 1.807) is 26.6 Å². The van der Waals surface area contributed by atoms with Crippen molar-refractivity contribution in [1.82, 2.24) is 19.7 Å². The lowest BCUT2D eigenvalue weighted by atomic mass is 10.1. The van der Waals surface area contributed by atoms with Gasteiger partial charge in [0.25, 0.3) is 0 Å². The van der Waals surface area contributed by atoms with Gasteiger partial charge in [0.15, 0.2) is 17.3 Å². The van der Waals surface area contributed by atoms with E-state index in [1.807, 2.05) is 42.8 Å². The summed E-state index contributed by atoms with van der Waals surface area (Å²) >= 11 is 0. The fourth-order valence-corrected chi connectivity index (χ4v) is 3.76. The van der Waals surface area contributed by atoms with Crippen LogP contribution >= 0.6 is 0 Å². The fourth-order valence-electron chi connectivity index (χ4n) is 3.76. The van der Waals surface area contributed by atoms with E-state index in [0.29, 0.717) is 17.2 Å². The van der Waals surface area contributed by atoms with Crippen LogP contribution in [0.4, 0.5) is 5.82 Å². The Balaban J connectivity index is 1.45. The summed E-state index contributed by atoms with van der Waals surface area (Å²) in [7, 11) is 3.28. The van der Waals surface area contributed by atoms with E-state index >= 15 is 0 Å². The van der Waals surface area contributed by atoms with Gasteiger partial charge in [-0.15, -0.1) is 0 Å². The molecule has 2 aromatic heterocycles. The standard InChI is InChI=1S/C22H27N5O3/c1-15-12-16(2)27(25-15)21-14-23-13-20(24-21)26-10-8-17(9-11-26)30-22-18(28-3)6-5-7-19(22)29-4/h5-7,12-14,17H,8-11H2,1-4H3. The van der Waals surface area contributed by atoms with Crippen LogP contribution in [0.3, 0.4) is 0 Å². The van der Waals surface area contributed by atoms with Crippen LogP contribution < -0.4 is 19.1 Å². The number of rotatable bonds is 6. The molecule has 1 aliphatic rings. The zero-order chi connectivity index (χ0) is 21.1. The number of aromatic nitrogens is 4. The summed E-state index contributed by atoms with van der Waals surface area (Å²) in [4.78, 5) is 11.4. The summed E-state index contributed by atoms with van der Waals surface area (Å²) in [6.07, 6.45) is 5.37. The van der Waals surface area contributed by atoms with Gasteiger partial charge in [-0.05, 0) is 32.0 Å². The molecule has 0 atom stereocenters. The number of anilines is 1. The SMILES string of the molecule is COc1cccc(OC)c1OC1CCN(c2cncc(-n3nc(C)cc3C)n2)CC1. The summed E-state index contributed by atoms with van der Waals surface area (Å²) in [6, 6.07) is 7.69. The van der Waals surface area contributed by atoms with E-state index in [1.165, 1.54) is 0 Å². The number of hydrogen-bond donors (Lipinski definition) is 0. The molecule has 0 radical (unpaired) electrons. The maximum absolute atomic E-state index is 6.27. The number of ether oxygens (including phenoxy) is 3. The maximum atomic E-state index is 6.27. The number of aryl methyl sites for hydroxylation is 2. The molecule has 1 aliphatic heterocycles. The minimum Gasteiger partial charge on any atom is -0.493 e. The lowest BCUT2D eigenvalue weighted by Gasteiger charge is -2.33. The minimum atomic E-state index is 0.0820. The molecule has 3 heterocycles. The number of hydrogen-bond acceptors (Lipinski definition) is 7. The highest BCUT2D eigenvalue weighted by atomic mass is 16.5. The van der Waals surface area contributed by atoms with Gasteiger partial charge in [-0.3, -0.25) is 4.98 Å². The molecule has 0 saturated carbocycles. The fraction of sp³-hybridized carbons (Fsp3) is 0.409. The first kappa shape index (κ1) is 20.0. The third-order valence-corrected chi connectivity index (χ3v) is 5.27. The molecule has 1 saturated heterocycles. The van der Waals surface area contributed by atoms with E-state index < -0.39 is 0 Å². The molecular weight excluding hydrogens is 382 g/mol. The Labute approximate surface area is 176 Å². The van der Waals surface area contributed by atoms with Crippen molar-refractivity contribution in [2.75, 3.05) is 32.2 Å². The van der Waals surface area contributed by atoms with Crippen molar-refractivity contribution in [2.24, 2.45) is 0 Å². The number of nitrogens with zero attached hydrogens (tertiary/aromatic N) is 5. The molecule has 4 rings (SSSR count). The molecule has 1 fully saturated rings. The van der Waals surface area contributed by atoms with Crippen molar-refractivity contribution in [3.05, 3.63) is 48.0 Å². The molecule has 8 heteroatoms. The summed E-state index contributed by atoms with van der Waals surface area (Å²) in [5.74, 6) is 3.61. The van der Waals surface area contributed by atoms with Gasteiger partial charge in [0.1, 0.15) is 11.9 Å². The predicted molar refractivity (Wildman–Crippen MR) is 114 cm³/mol. The first-order chi connectivity index (χ1) is 14.6. The van der Waals surface area contributed by atoms with Crippen LogP contribution in [0.15, 0.2) is 36.7 Å². The molecule has 0 N–H and O–H groups in total. The highest BCUT2D eigenvalue weighted by Gasteiger charge is 2.24. The normalized spacial score (nSPS) is 14.6. The second kappa shape index (κ2) is 8.61. The number of benzene rings is 1. The van der Waals surface area contributed by atoms with Gasteiger partial charge in [-0.2, -0.15) is 5.10 Å². The molecular formula is C22H27N5O3. The van der Waals surface area contributed by atoms with Gasteiger partial charge in [-0.1, -0.05) is 6.07 Å². The second-order valence-electron chi connectivity index (χ2n) is 7.37. The molecule has 0 amide bonds. The Morgan fingerprint density at radius 2 is 1.63 bits per heavy atom. The topological polar surface area (TPSA) is 74.5 Å². The number of methoxy groups -OCH3 is 2. The quantitative estimate of drug-likeness (QED) is 0.618. The monoisotopic (exact) mass is 409 g/mol. The average molecular weight is 409 g/mol. The van der Waals surface area contributed by atoms with E-state index in [-0.39, 0.29) is 6.10 Å². The van der Waals surface area contributed by atoms with Crippen LogP contribution in [0.2, 0.25) is 0 Å². The Hall–Kier alpha value is -3.29. The average Bonchev–Trinajstić information content (AvgIpc) is 3.12. The Kier molecular flexibility index (Phi) is 5.74. The van der Waals surface area contributed by atoms with Gasteiger partial charge in [-0.25, -0.2) is 9.67 Å². The molecule has 3 aromatic rings. The molecule has 158 valence electrons. The van der Waals surface area contributed by atoms with Gasteiger partial charge in [0, 0.05) is 31.6 Å². The molecule has 0 unspecified atom stereocenters. The molecule has 30 heavy (non-hydrogen) atoms. The van der Waals surface area contributed by atoms with Crippen molar-refractivity contribution < 1.29 is 14.2 Å². The van der Waals surface area contributed by atoms with E-state index in [9.17, 15) is 0 Å². The zero-order valence-corrected chi connectivity index (χ0v) is 17.8. The third-order valence-electron chi connectivity index (χ3n) is 5.27. The predicted octanol–water partition coefficient (Wildman–Crippen LogP) is 3.34. The number of para-hydroxylation sites is 1. The minimum absolute atomic E-state index is 0.0820. The van der Waals surface area contributed by atoms with E-state index in [0.717, 1.165) is 49.0 Å². The largest absolute Gasteiger partial charge is 0.493 e. The van der Waals surface area contributed by atoms with Gasteiger partial charge in [0.2, 0.25) is 5.75 Å². The second-order valence-corrected chi connectivity index (χ2v) is 7.37. The first-order valence-electron chi connectivity index (χ1n) is 10.1. The van der Waals surface area contributed by atoms with Crippen LogP contribution in [-0.2, 0) is 0 Å². The van der Waals surface area contributed by atoms with Crippen molar-refractivity contribution in [3.8, 4) is 23.1 Å². The molecule has 0 aliphatic carbocycles. The van der Waals surface area contributed by atoms with E-state index in [2.05, 4.69) is 15.0 Å². The smallest absolute Gasteiger partial charge is 0.203 e. The zero-order valence-electron chi connectivity index (χ0n) is 17.8. The van der Waals surface area contributed by atoms with Crippen LogP contribution in [-0.4, -0.2) is 53.2 Å². The first-order valence-corrected chi connectivity index (χ1v) is 10.1. The molecule has 8 nitrogen and oxygen atoms in total. The summed E-state index contributed by atoms with van der Waals surface area (Å²) in [6.45, 7) is 5.65. The Bertz CT molecular complexity index is 990. The van der Waals surface area contributed by atoms with Crippen LogP contribution in [0, 0.1) is 13.8 Å². The van der Waals surface area contributed by atoms with Crippen molar-refractivity contribution in [2.45, 2.75) is 32.8 Å². The van der Waals surface area contributed by atoms with Gasteiger partial charge in [0.05, 0.1) is 32.3 Å². The summed E-state index contributed by atoms with van der Waals surface area (Å²) in [5, 5.41) is 4.51. The van der Waals surface area contributed by atoms with Crippen LogP contribution in [0.25, 0.3) is 5.82 Å². The molecule has 0 bridgehead atoms. The van der Waals surface area contributed by atoms with Crippen molar-refractivity contribution in [1.29, 1.82) is 0 Å². The summed E-state index contributed by atoms with van der Waals surface area (Å²) in [5.41, 5.74) is 2.00. The van der Waals surface area contributed by atoms with Crippen molar-refractivity contribution in [3.63, 3.8) is 0 Å². The lowest BCUT2D eigenvalue weighted by molar-refractivity contribution is 0.158. The van der Waals surface area contributed by atoms with Crippen molar-refractivity contribution >= 4 is 5.82 Å². The summed E-state index contributed by atoms with van der Waals surface area (Å²) < 4.78 is 19.0. The lowest BCUT2D eigenvalue weighted by Crippen LogP contribution is -2.39. The number of piperidine rings is 1. The molecule has 1 aromatic carbocycles. The van der Waals surface area contributed by atoms with Crippen LogP contribution in [0.1, 0.15) is 24.2 Å². The van der Waals surface area contributed by atoms with E-state index in [4.69, 9.17) is 19.2 Å². The Morgan fingerprint density at radius 3 is 2.23 bits per heavy atom.